The maximum atomic E-state index is 14.1. The molecule has 4 rings (SSSR count). The summed E-state index contributed by atoms with van der Waals surface area (Å²) in [5.41, 5.74) is 0.983. The number of anilines is 4. The van der Waals surface area contributed by atoms with E-state index in [4.69, 9.17) is 0 Å². The summed E-state index contributed by atoms with van der Waals surface area (Å²) in [5.74, 6) is -3.67. The first-order valence-corrected chi connectivity index (χ1v) is 7.19. The Bertz CT molecular complexity index is 898. The molecule has 1 aliphatic rings. The molecule has 2 aromatic heterocycles. The molecule has 0 fully saturated rings. The molecule has 0 spiro atoms. The van der Waals surface area contributed by atoms with Gasteiger partial charge in [0.2, 0.25) is 0 Å². The summed E-state index contributed by atoms with van der Waals surface area (Å²) < 4.78 is 54.5. The predicted octanol–water partition coefficient (Wildman–Crippen LogP) is 3.85. The molecule has 1 aliphatic heterocycles. The van der Waals surface area contributed by atoms with Crippen molar-refractivity contribution >= 4 is 30.6 Å². The normalized spacial score (nSPS) is 12.5. The van der Waals surface area contributed by atoms with Gasteiger partial charge < -0.3 is 9.62 Å². The van der Waals surface area contributed by atoms with Crippen LogP contribution in [0.2, 0.25) is 0 Å². The van der Waals surface area contributed by atoms with Gasteiger partial charge in [-0.3, -0.25) is 0 Å². The number of aromatic nitrogens is 2. The Labute approximate surface area is 160 Å². The van der Waals surface area contributed by atoms with Crippen molar-refractivity contribution < 1.29 is 37.7 Å². The molecule has 0 bridgehead atoms. The fraction of sp³-hybridized carbons (Fsp3) is 0. The smallest absolute Gasteiger partial charge is 0.349 e. The van der Waals surface area contributed by atoms with E-state index in [2.05, 4.69) is 9.97 Å². The van der Waals surface area contributed by atoms with Crippen LogP contribution in [-0.4, -0.2) is 17.5 Å². The average Bonchev–Trinajstić information content (AvgIpc) is 2.94. The number of benzene rings is 1. The maximum Gasteiger partial charge on any atom is 0.404 e. The van der Waals surface area contributed by atoms with Gasteiger partial charge in [-0.1, -0.05) is 12.1 Å². The van der Waals surface area contributed by atoms with Crippen molar-refractivity contribution in [3.63, 3.8) is 0 Å². The van der Waals surface area contributed by atoms with Crippen LogP contribution in [0.5, 0.6) is 0 Å². The number of rotatable bonds is 2. The summed E-state index contributed by atoms with van der Waals surface area (Å²) in [6.07, 6.45) is 1.77. The van der Waals surface area contributed by atoms with Crippen LogP contribution in [0, 0.1) is 23.3 Å². The van der Waals surface area contributed by atoms with E-state index < -0.39 is 23.3 Å². The van der Waals surface area contributed by atoms with E-state index in [0.29, 0.717) is 23.5 Å². The van der Waals surface area contributed by atoms with E-state index >= 15 is 0 Å². The van der Waals surface area contributed by atoms with Crippen LogP contribution in [0.15, 0.2) is 48.8 Å². The van der Waals surface area contributed by atoms with Crippen molar-refractivity contribution in [2.75, 3.05) is 9.62 Å². The summed E-state index contributed by atoms with van der Waals surface area (Å²) in [5, 5.41) is 0. The molecule has 0 atom stereocenters. The van der Waals surface area contributed by atoms with Crippen molar-refractivity contribution in [2.24, 2.45) is 0 Å². The second-order valence-electron chi connectivity index (χ2n) is 5.26. The molecule has 0 saturated carbocycles. The second-order valence-corrected chi connectivity index (χ2v) is 5.26. The number of hydrogen-bond donors (Lipinski definition) is 0. The minimum absolute atomic E-state index is 0. The SMILES string of the molecule is Fc1cnc(N2[B]N(c3ncc(F)cc3F)c3ccccc32)c(F)c1.[Ir]. The molecule has 10 heteroatoms. The number of halogens is 4. The maximum absolute atomic E-state index is 14.1. The van der Waals surface area contributed by atoms with Gasteiger partial charge in [-0.15, -0.1) is 0 Å². The molecule has 1 aromatic carbocycles. The van der Waals surface area contributed by atoms with Crippen molar-refractivity contribution in [2.45, 2.75) is 0 Å². The fourth-order valence-electron chi connectivity index (χ4n) is 2.62. The van der Waals surface area contributed by atoms with Crippen LogP contribution < -0.4 is 9.62 Å². The van der Waals surface area contributed by atoms with Gasteiger partial charge in [0.15, 0.2) is 23.3 Å². The molecule has 3 heterocycles. The quantitative estimate of drug-likeness (QED) is 0.369. The second kappa shape index (κ2) is 7.05. The first-order chi connectivity index (χ1) is 12.0. The van der Waals surface area contributed by atoms with Crippen molar-refractivity contribution in [1.29, 1.82) is 0 Å². The van der Waals surface area contributed by atoms with Gasteiger partial charge in [0.05, 0.1) is 23.8 Å². The Morgan fingerprint density at radius 3 is 1.54 bits per heavy atom. The van der Waals surface area contributed by atoms with Gasteiger partial charge in [0.25, 0.3) is 0 Å². The van der Waals surface area contributed by atoms with Crippen LogP contribution >= 0.6 is 0 Å². The van der Waals surface area contributed by atoms with Crippen molar-refractivity contribution in [3.05, 3.63) is 72.1 Å². The first-order valence-electron chi connectivity index (χ1n) is 7.19. The first kappa shape index (κ1) is 18.3. The molecule has 0 saturated heterocycles. The molecular formula is C16H8BF4IrN4. The summed E-state index contributed by atoms with van der Waals surface area (Å²) in [6.45, 7) is 0. The molecule has 3 aromatic rings. The van der Waals surface area contributed by atoms with Crippen LogP contribution in [0.3, 0.4) is 0 Å². The predicted molar refractivity (Wildman–Crippen MR) is 84.8 cm³/mol. The monoisotopic (exact) mass is 536 g/mol. The summed E-state index contributed by atoms with van der Waals surface area (Å²) in [7, 11) is 1.36. The zero-order valence-electron chi connectivity index (χ0n) is 12.8. The van der Waals surface area contributed by atoms with E-state index in [-0.39, 0.29) is 31.7 Å². The van der Waals surface area contributed by atoms with Gasteiger partial charge >= 0.3 is 7.55 Å². The Morgan fingerprint density at radius 2 is 1.15 bits per heavy atom. The fourth-order valence-corrected chi connectivity index (χ4v) is 2.62. The summed E-state index contributed by atoms with van der Waals surface area (Å²) in [6, 6.07) is 8.16. The zero-order chi connectivity index (χ0) is 17.6. The van der Waals surface area contributed by atoms with E-state index in [1.54, 1.807) is 24.3 Å². The largest absolute Gasteiger partial charge is 0.404 e. The molecule has 26 heavy (non-hydrogen) atoms. The third-order valence-electron chi connectivity index (χ3n) is 3.66. The van der Waals surface area contributed by atoms with Crippen LogP contribution in [-0.2, 0) is 20.1 Å². The molecule has 0 aliphatic carbocycles. The molecular weight excluding hydrogens is 527 g/mol. The van der Waals surface area contributed by atoms with E-state index in [1.807, 2.05) is 0 Å². The molecule has 0 N–H and O–H groups in total. The number of hydrogen-bond acceptors (Lipinski definition) is 4. The van der Waals surface area contributed by atoms with Gasteiger partial charge in [0, 0.05) is 32.2 Å². The summed E-state index contributed by atoms with van der Waals surface area (Å²) in [4.78, 5) is 10.2. The molecule has 0 amide bonds. The number of nitrogens with zero attached hydrogens (tertiary/aromatic N) is 4. The number of pyridine rings is 2. The number of fused-ring (bicyclic) bond motifs is 1. The minimum atomic E-state index is -0.875. The average molecular weight is 535 g/mol. The zero-order valence-corrected chi connectivity index (χ0v) is 15.2. The number of para-hydroxylation sites is 2. The van der Waals surface area contributed by atoms with E-state index in [9.17, 15) is 17.6 Å². The topological polar surface area (TPSA) is 32.3 Å². The van der Waals surface area contributed by atoms with Gasteiger partial charge in [-0.25, -0.2) is 27.5 Å². The van der Waals surface area contributed by atoms with E-state index in [0.717, 1.165) is 12.4 Å². The molecule has 4 nitrogen and oxygen atoms in total. The molecule has 132 valence electrons. The third kappa shape index (κ3) is 3.06. The van der Waals surface area contributed by atoms with E-state index in [1.165, 1.54) is 17.2 Å². The van der Waals surface area contributed by atoms with Gasteiger partial charge in [-0.2, -0.15) is 0 Å². The molecule has 2 radical (unpaired) electrons. The standard InChI is InChI=1S/C16H8BF4N4.Ir/c18-9-5-11(20)15(22-7-9)24-13-3-1-2-4-14(13)25(17-24)16-12(21)6-10(19)8-23-16;/h1-8H;. The van der Waals surface area contributed by atoms with Crippen molar-refractivity contribution in [3.8, 4) is 0 Å². The van der Waals surface area contributed by atoms with Crippen molar-refractivity contribution in [1.82, 2.24) is 9.97 Å². The third-order valence-corrected chi connectivity index (χ3v) is 3.66. The van der Waals surface area contributed by atoms with Crippen LogP contribution in [0.1, 0.15) is 0 Å². The Hall–Kier alpha value is -2.45. The molecule has 0 unspecified atom stereocenters. The minimum Gasteiger partial charge on any atom is -0.349 e. The Balaban J connectivity index is 0.00000196. The van der Waals surface area contributed by atoms with Gasteiger partial charge in [0.1, 0.15) is 11.6 Å². The van der Waals surface area contributed by atoms with Gasteiger partial charge in [-0.05, 0) is 12.1 Å². The summed E-state index contributed by atoms with van der Waals surface area (Å²) >= 11 is 0. The Kier molecular flexibility index (Phi) is 4.97. The van der Waals surface area contributed by atoms with Crippen LogP contribution in [0.4, 0.5) is 40.6 Å². The van der Waals surface area contributed by atoms with Crippen LogP contribution in [0.25, 0.3) is 0 Å². The Morgan fingerprint density at radius 1 is 0.731 bits per heavy atom.